The van der Waals surface area contributed by atoms with E-state index in [1.165, 1.54) is 0 Å². The average molecular weight is 396 g/mol. The molecule has 2 aromatic rings. The minimum Gasteiger partial charge on any atom is -0.497 e. The van der Waals surface area contributed by atoms with Gasteiger partial charge in [-0.2, -0.15) is 0 Å². The maximum Gasteiger partial charge on any atom is 0.234 e. The van der Waals surface area contributed by atoms with Gasteiger partial charge in [-0.1, -0.05) is 18.2 Å². The number of fused-ring (bicyclic) bond motifs is 1. The van der Waals surface area contributed by atoms with E-state index >= 15 is 0 Å². The monoisotopic (exact) mass is 396 g/mol. The fraction of sp³-hybridized carbons (Fsp3) is 0.435. The number of nitrogens with zero attached hydrogens (tertiary/aromatic N) is 1. The van der Waals surface area contributed by atoms with E-state index in [1.54, 1.807) is 14.2 Å². The van der Waals surface area contributed by atoms with Crippen molar-refractivity contribution in [2.75, 3.05) is 33.9 Å². The smallest absolute Gasteiger partial charge is 0.234 e. The number of rotatable bonds is 6. The van der Waals surface area contributed by atoms with Gasteiger partial charge in [-0.3, -0.25) is 9.69 Å². The number of hydrogen-bond donors (Lipinski definition) is 1. The highest BCUT2D eigenvalue weighted by Gasteiger charge is 2.31. The molecule has 2 aliphatic heterocycles. The Morgan fingerprint density at radius 2 is 2.00 bits per heavy atom. The molecule has 0 aliphatic carbocycles. The molecule has 0 bridgehead atoms. The minimum atomic E-state index is -0.000131. The first kappa shape index (κ1) is 19.6. The zero-order valence-electron chi connectivity index (χ0n) is 17.0. The van der Waals surface area contributed by atoms with E-state index in [0.717, 1.165) is 54.2 Å². The molecule has 1 amide bonds. The number of likely N-dealkylation sites (tertiary alicyclic amines) is 1. The molecule has 2 atom stereocenters. The molecule has 0 unspecified atom stereocenters. The number of carbonyl (C=O) groups excluding carboxylic acids is 1. The molecule has 154 valence electrons. The van der Waals surface area contributed by atoms with E-state index in [2.05, 4.69) is 10.2 Å². The lowest BCUT2D eigenvalue weighted by atomic mass is 10.0. The molecule has 1 saturated heterocycles. The number of methoxy groups -OCH3 is 2. The van der Waals surface area contributed by atoms with Gasteiger partial charge in [0.2, 0.25) is 5.91 Å². The highest BCUT2D eigenvalue weighted by molar-refractivity contribution is 5.79. The van der Waals surface area contributed by atoms with E-state index in [4.69, 9.17) is 14.2 Å². The minimum absolute atomic E-state index is 0.000131. The first-order valence-corrected chi connectivity index (χ1v) is 10.2. The Balaban J connectivity index is 1.46. The van der Waals surface area contributed by atoms with Crippen molar-refractivity contribution in [3.63, 3.8) is 0 Å². The summed E-state index contributed by atoms with van der Waals surface area (Å²) in [5.74, 6) is 2.54. The van der Waals surface area contributed by atoms with Gasteiger partial charge in [0.25, 0.3) is 0 Å². The Kier molecular flexibility index (Phi) is 5.90. The topological polar surface area (TPSA) is 60.0 Å². The Labute approximate surface area is 171 Å². The van der Waals surface area contributed by atoms with Crippen LogP contribution in [0.25, 0.3) is 0 Å². The van der Waals surface area contributed by atoms with Gasteiger partial charge in [0.1, 0.15) is 17.2 Å². The van der Waals surface area contributed by atoms with Crippen molar-refractivity contribution in [2.45, 2.75) is 31.3 Å². The molecule has 0 saturated carbocycles. The van der Waals surface area contributed by atoms with Gasteiger partial charge in [0.15, 0.2) is 0 Å². The number of nitrogens with one attached hydrogen (secondary N) is 1. The maximum atomic E-state index is 12.9. The summed E-state index contributed by atoms with van der Waals surface area (Å²) in [7, 11) is 3.34. The first-order chi connectivity index (χ1) is 14.2. The molecule has 6 heteroatoms. The lowest BCUT2D eigenvalue weighted by molar-refractivity contribution is -0.123. The number of amides is 1. The quantitative estimate of drug-likeness (QED) is 0.810. The number of para-hydroxylation sites is 1. The molecule has 29 heavy (non-hydrogen) atoms. The number of hydrogen-bond acceptors (Lipinski definition) is 5. The average Bonchev–Trinajstić information content (AvgIpc) is 3.21. The zero-order chi connectivity index (χ0) is 20.2. The molecule has 2 heterocycles. The maximum absolute atomic E-state index is 12.9. The van der Waals surface area contributed by atoms with Crippen LogP contribution in [0.15, 0.2) is 42.5 Å². The van der Waals surface area contributed by atoms with E-state index < -0.39 is 0 Å². The molecule has 4 rings (SSSR count). The highest BCUT2D eigenvalue weighted by atomic mass is 16.5. The summed E-state index contributed by atoms with van der Waals surface area (Å²) in [6, 6.07) is 13.9. The normalized spacial score (nSPS) is 21.2. The third-order valence-corrected chi connectivity index (χ3v) is 5.80. The molecule has 0 aromatic heterocycles. The van der Waals surface area contributed by atoms with Crippen molar-refractivity contribution >= 4 is 5.91 Å². The van der Waals surface area contributed by atoms with Crippen LogP contribution in [0.3, 0.4) is 0 Å². The van der Waals surface area contributed by atoms with Gasteiger partial charge in [-0.05, 0) is 43.7 Å². The van der Waals surface area contributed by atoms with Crippen LogP contribution >= 0.6 is 0 Å². The zero-order valence-corrected chi connectivity index (χ0v) is 17.0. The van der Waals surface area contributed by atoms with Gasteiger partial charge >= 0.3 is 0 Å². The SMILES string of the molecule is COc1ccc(OC)c([C@@H]2CCCN2CC(=O)N[C@@H]2CCOc3ccccc32)c1. The van der Waals surface area contributed by atoms with Gasteiger partial charge in [0, 0.05) is 23.6 Å². The van der Waals surface area contributed by atoms with Crippen molar-refractivity contribution in [3.8, 4) is 17.2 Å². The largest absolute Gasteiger partial charge is 0.497 e. The lowest BCUT2D eigenvalue weighted by Crippen LogP contribution is -2.40. The first-order valence-electron chi connectivity index (χ1n) is 10.2. The van der Waals surface area contributed by atoms with Crippen molar-refractivity contribution < 1.29 is 19.0 Å². The van der Waals surface area contributed by atoms with Gasteiger partial charge in [-0.15, -0.1) is 0 Å². The molecule has 2 aliphatic rings. The molecule has 0 spiro atoms. The Morgan fingerprint density at radius 3 is 2.83 bits per heavy atom. The number of benzene rings is 2. The van der Waals surface area contributed by atoms with Crippen LogP contribution in [-0.2, 0) is 4.79 Å². The Morgan fingerprint density at radius 1 is 1.14 bits per heavy atom. The Hall–Kier alpha value is -2.73. The summed E-state index contributed by atoms with van der Waals surface area (Å²) in [4.78, 5) is 15.1. The summed E-state index contributed by atoms with van der Waals surface area (Å²) in [5.41, 5.74) is 2.13. The molecule has 1 fully saturated rings. The lowest BCUT2D eigenvalue weighted by Gasteiger charge is -2.29. The van der Waals surface area contributed by atoms with Crippen LogP contribution in [0, 0.1) is 0 Å². The van der Waals surface area contributed by atoms with Crippen LogP contribution in [-0.4, -0.2) is 44.7 Å². The summed E-state index contributed by atoms with van der Waals surface area (Å²) in [5, 5.41) is 3.21. The van der Waals surface area contributed by atoms with E-state index in [9.17, 15) is 4.79 Å². The predicted molar refractivity (Wildman–Crippen MR) is 111 cm³/mol. The fourth-order valence-electron chi connectivity index (χ4n) is 4.38. The molecule has 2 aromatic carbocycles. The molecular weight excluding hydrogens is 368 g/mol. The van der Waals surface area contributed by atoms with E-state index in [0.29, 0.717) is 13.2 Å². The van der Waals surface area contributed by atoms with Crippen LogP contribution < -0.4 is 19.5 Å². The molecule has 0 radical (unpaired) electrons. The predicted octanol–water partition coefficient (Wildman–Crippen LogP) is 3.48. The van der Waals surface area contributed by atoms with Crippen molar-refractivity contribution in [1.29, 1.82) is 0 Å². The summed E-state index contributed by atoms with van der Waals surface area (Å²) >= 11 is 0. The van der Waals surface area contributed by atoms with Crippen LogP contribution in [0.4, 0.5) is 0 Å². The molecular formula is C23H28N2O4. The van der Waals surface area contributed by atoms with Crippen LogP contribution in [0.1, 0.15) is 42.5 Å². The summed E-state index contributed by atoms with van der Waals surface area (Å²) in [6.45, 7) is 1.88. The third kappa shape index (κ3) is 4.17. The van der Waals surface area contributed by atoms with Gasteiger partial charge in [0.05, 0.1) is 33.4 Å². The van der Waals surface area contributed by atoms with Crippen LogP contribution in [0.5, 0.6) is 17.2 Å². The fourth-order valence-corrected chi connectivity index (χ4v) is 4.38. The van der Waals surface area contributed by atoms with E-state index in [1.807, 2.05) is 42.5 Å². The second-order valence-electron chi connectivity index (χ2n) is 7.53. The van der Waals surface area contributed by atoms with Crippen LogP contribution in [0.2, 0.25) is 0 Å². The van der Waals surface area contributed by atoms with Crippen molar-refractivity contribution in [2.24, 2.45) is 0 Å². The summed E-state index contributed by atoms with van der Waals surface area (Å²) < 4.78 is 16.7. The number of ether oxygens (including phenoxy) is 3. The second-order valence-corrected chi connectivity index (χ2v) is 7.53. The standard InChI is InChI=1S/C23H28N2O4/c1-27-16-9-10-21(28-2)18(14-16)20-7-5-12-25(20)15-23(26)24-19-11-13-29-22-8-4-3-6-17(19)22/h3-4,6,8-10,14,19-20H,5,7,11-13,15H2,1-2H3,(H,24,26)/t19-,20+/m1/s1. The highest BCUT2D eigenvalue weighted by Crippen LogP contribution is 2.39. The molecule has 1 N–H and O–H groups in total. The van der Waals surface area contributed by atoms with Crippen molar-refractivity contribution in [1.82, 2.24) is 10.2 Å². The third-order valence-electron chi connectivity index (χ3n) is 5.80. The summed E-state index contributed by atoms with van der Waals surface area (Å²) in [6.07, 6.45) is 2.84. The number of carbonyl (C=O) groups is 1. The molecule has 6 nitrogen and oxygen atoms in total. The van der Waals surface area contributed by atoms with E-state index in [-0.39, 0.29) is 18.0 Å². The van der Waals surface area contributed by atoms with Gasteiger partial charge < -0.3 is 19.5 Å². The Bertz CT molecular complexity index is 870. The second kappa shape index (κ2) is 8.74. The van der Waals surface area contributed by atoms with Crippen molar-refractivity contribution in [3.05, 3.63) is 53.6 Å². The van der Waals surface area contributed by atoms with Gasteiger partial charge in [-0.25, -0.2) is 0 Å².